The third-order valence-electron chi connectivity index (χ3n) is 4.45. The molecule has 2 amide bonds. The van der Waals surface area contributed by atoms with Crippen molar-refractivity contribution in [3.05, 3.63) is 23.0 Å². The molecule has 0 aliphatic heterocycles. The number of likely N-dealkylation sites (N-methyl/N-ethyl adjacent to an activating group) is 1. The average Bonchev–Trinajstić information content (AvgIpc) is 3.36. The summed E-state index contributed by atoms with van der Waals surface area (Å²) in [4.78, 5) is 29.5. The molecule has 1 aliphatic rings. The summed E-state index contributed by atoms with van der Waals surface area (Å²) in [5.41, 5.74) is 2.33. The first-order valence-electron chi connectivity index (χ1n) is 8.70. The van der Waals surface area contributed by atoms with Crippen molar-refractivity contribution in [3.8, 4) is 0 Å². The molecular formula is C18H24N4O3. The van der Waals surface area contributed by atoms with Crippen molar-refractivity contribution in [1.82, 2.24) is 20.8 Å². The lowest BCUT2D eigenvalue weighted by Gasteiger charge is -2.19. The zero-order chi connectivity index (χ0) is 18.1. The van der Waals surface area contributed by atoms with Gasteiger partial charge in [-0.2, -0.15) is 0 Å². The van der Waals surface area contributed by atoms with Crippen LogP contribution in [0.4, 0.5) is 0 Å². The highest BCUT2D eigenvalue weighted by Gasteiger charge is 2.30. The lowest BCUT2D eigenvalue weighted by molar-refractivity contribution is -0.122. The molecule has 134 valence electrons. The molecule has 0 saturated heterocycles. The molecule has 1 saturated carbocycles. The van der Waals surface area contributed by atoms with Crippen molar-refractivity contribution in [1.29, 1.82) is 0 Å². The minimum atomic E-state index is -0.578. The molecular weight excluding hydrogens is 320 g/mol. The number of nitrogens with zero attached hydrogens (tertiary/aromatic N) is 2. The summed E-state index contributed by atoms with van der Waals surface area (Å²) < 4.78 is 5.28. The summed E-state index contributed by atoms with van der Waals surface area (Å²) >= 11 is 0. The summed E-state index contributed by atoms with van der Waals surface area (Å²) in [7, 11) is 1.57. The monoisotopic (exact) mass is 344 g/mol. The van der Waals surface area contributed by atoms with E-state index in [4.69, 9.17) is 4.52 Å². The SMILES string of the molecule is CNC(=O)[C@@H](CC(C)C)NC(=O)c1cc(C2CC2)nc2onc(C)c12. The second-order valence-corrected chi connectivity index (χ2v) is 7.09. The molecule has 0 unspecified atom stereocenters. The van der Waals surface area contributed by atoms with Crippen molar-refractivity contribution >= 4 is 22.9 Å². The van der Waals surface area contributed by atoms with Crippen LogP contribution in [0.3, 0.4) is 0 Å². The maximum Gasteiger partial charge on any atom is 0.259 e. The Morgan fingerprint density at radius 2 is 2.08 bits per heavy atom. The largest absolute Gasteiger partial charge is 0.357 e. The Morgan fingerprint density at radius 1 is 1.36 bits per heavy atom. The zero-order valence-electron chi connectivity index (χ0n) is 15.0. The minimum absolute atomic E-state index is 0.197. The third-order valence-corrected chi connectivity index (χ3v) is 4.45. The summed E-state index contributed by atoms with van der Waals surface area (Å²) in [6, 6.07) is 1.24. The van der Waals surface area contributed by atoms with E-state index in [0.717, 1.165) is 18.5 Å². The van der Waals surface area contributed by atoms with Gasteiger partial charge in [-0.3, -0.25) is 9.59 Å². The Hall–Kier alpha value is -2.44. The number of nitrogens with one attached hydrogen (secondary N) is 2. The van der Waals surface area contributed by atoms with E-state index in [1.807, 2.05) is 19.9 Å². The van der Waals surface area contributed by atoms with Gasteiger partial charge in [-0.25, -0.2) is 4.98 Å². The number of fused-ring (bicyclic) bond motifs is 1. The van der Waals surface area contributed by atoms with Gasteiger partial charge in [0.25, 0.3) is 11.6 Å². The lowest BCUT2D eigenvalue weighted by atomic mass is 10.0. The van der Waals surface area contributed by atoms with E-state index in [1.165, 1.54) is 0 Å². The van der Waals surface area contributed by atoms with E-state index in [2.05, 4.69) is 20.8 Å². The molecule has 0 spiro atoms. The molecule has 1 fully saturated rings. The van der Waals surface area contributed by atoms with Crippen LogP contribution >= 0.6 is 0 Å². The number of pyridine rings is 1. The zero-order valence-corrected chi connectivity index (χ0v) is 15.0. The van der Waals surface area contributed by atoms with Gasteiger partial charge in [-0.15, -0.1) is 0 Å². The Kier molecular flexibility index (Phi) is 4.74. The van der Waals surface area contributed by atoms with Gasteiger partial charge in [0.15, 0.2) is 0 Å². The maximum absolute atomic E-state index is 12.9. The number of carbonyl (C=O) groups is 2. The highest BCUT2D eigenvalue weighted by molar-refractivity contribution is 6.07. The van der Waals surface area contributed by atoms with E-state index in [9.17, 15) is 9.59 Å². The van der Waals surface area contributed by atoms with Crippen LogP contribution in [0.15, 0.2) is 10.6 Å². The molecule has 7 heteroatoms. The Labute approximate surface area is 146 Å². The summed E-state index contributed by atoms with van der Waals surface area (Å²) in [5, 5.41) is 10.0. The molecule has 3 rings (SSSR count). The number of aromatic nitrogens is 2. The second kappa shape index (κ2) is 6.82. The number of amides is 2. The normalized spacial score (nSPS) is 15.4. The Bertz CT molecular complexity index is 808. The molecule has 0 radical (unpaired) electrons. The fourth-order valence-corrected chi connectivity index (χ4v) is 2.99. The third kappa shape index (κ3) is 3.65. The molecule has 0 bridgehead atoms. The van der Waals surface area contributed by atoms with Crippen LogP contribution in [0, 0.1) is 12.8 Å². The van der Waals surface area contributed by atoms with Crippen molar-refractivity contribution < 1.29 is 14.1 Å². The first kappa shape index (κ1) is 17.4. The summed E-state index contributed by atoms with van der Waals surface area (Å²) in [6.45, 7) is 5.82. The Morgan fingerprint density at radius 3 is 2.68 bits per heavy atom. The molecule has 2 aromatic heterocycles. The van der Waals surface area contributed by atoms with Gasteiger partial charge in [0.05, 0.1) is 16.6 Å². The van der Waals surface area contributed by atoms with Crippen molar-refractivity contribution in [3.63, 3.8) is 0 Å². The lowest BCUT2D eigenvalue weighted by Crippen LogP contribution is -2.46. The maximum atomic E-state index is 12.9. The number of rotatable bonds is 6. The smallest absolute Gasteiger partial charge is 0.259 e. The number of hydrogen-bond donors (Lipinski definition) is 2. The van der Waals surface area contributed by atoms with E-state index >= 15 is 0 Å². The van der Waals surface area contributed by atoms with Gasteiger partial charge >= 0.3 is 0 Å². The number of aryl methyl sites for hydroxylation is 1. The number of hydrogen-bond acceptors (Lipinski definition) is 5. The van der Waals surface area contributed by atoms with Crippen LogP contribution in [0.1, 0.15) is 60.8 Å². The van der Waals surface area contributed by atoms with Gasteiger partial charge < -0.3 is 15.2 Å². The summed E-state index contributed by atoms with van der Waals surface area (Å²) in [6.07, 6.45) is 2.71. The summed E-state index contributed by atoms with van der Waals surface area (Å²) in [5.74, 6) is 0.165. The van der Waals surface area contributed by atoms with Crippen LogP contribution in [0.2, 0.25) is 0 Å². The minimum Gasteiger partial charge on any atom is -0.357 e. The van der Waals surface area contributed by atoms with Crippen LogP contribution in [-0.2, 0) is 4.79 Å². The van der Waals surface area contributed by atoms with Gasteiger partial charge in [-0.05, 0) is 38.2 Å². The highest BCUT2D eigenvalue weighted by atomic mass is 16.5. The fourth-order valence-electron chi connectivity index (χ4n) is 2.99. The van der Waals surface area contributed by atoms with Gasteiger partial charge in [0.1, 0.15) is 6.04 Å². The fraction of sp³-hybridized carbons (Fsp3) is 0.556. The standard InChI is InChI=1S/C18H24N4O3/c1-9(2)7-14(17(24)19-4)20-16(23)12-8-13(11-5-6-11)21-18-15(12)10(3)22-25-18/h8-9,11,14H,5-7H2,1-4H3,(H,19,24)(H,20,23)/t14-/m1/s1. The van der Waals surface area contributed by atoms with Crippen LogP contribution in [-0.4, -0.2) is 35.0 Å². The van der Waals surface area contributed by atoms with E-state index in [1.54, 1.807) is 14.0 Å². The van der Waals surface area contributed by atoms with E-state index in [0.29, 0.717) is 34.7 Å². The van der Waals surface area contributed by atoms with Crippen LogP contribution in [0.5, 0.6) is 0 Å². The van der Waals surface area contributed by atoms with Crippen LogP contribution in [0.25, 0.3) is 11.1 Å². The number of carbonyl (C=O) groups excluding carboxylic acids is 2. The van der Waals surface area contributed by atoms with Crippen molar-refractivity contribution in [2.75, 3.05) is 7.05 Å². The van der Waals surface area contributed by atoms with Crippen LogP contribution < -0.4 is 10.6 Å². The van der Waals surface area contributed by atoms with Gasteiger partial charge in [-0.1, -0.05) is 19.0 Å². The van der Waals surface area contributed by atoms with Gasteiger partial charge in [0, 0.05) is 18.7 Å². The molecule has 2 N–H and O–H groups in total. The average molecular weight is 344 g/mol. The Balaban J connectivity index is 1.94. The van der Waals surface area contributed by atoms with Gasteiger partial charge in [0.2, 0.25) is 5.91 Å². The predicted molar refractivity (Wildman–Crippen MR) is 93.3 cm³/mol. The molecule has 25 heavy (non-hydrogen) atoms. The van der Waals surface area contributed by atoms with Crippen molar-refractivity contribution in [2.24, 2.45) is 5.92 Å². The molecule has 2 heterocycles. The molecule has 1 aliphatic carbocycles. The highest BCUT2D eigenvalue weighted by Crippen LogP contribution is 2.40. The first-order chi connectivity index (χ1) is 11.9. The molecule has 0 aromatic carbocycles. The van der Waals surface area contributed by atoms with Crippen molar-refractivity contribution in [2.45, 2.75) is 52.0 Å². The molecule has 7 nitrogen and oxygen atoms in total. The quantitative estimate of drug-likeness (QED) is 0.838. The first-order valence-corrected chi connectivity index (χ1v) is 8.70. The topological polar surface area (TPSA) is 97.1 Å². The van der Waals surface area contributed by atoms with E-state index < -0.39 is 6.04 Å². The second-order valence-electron chi connectivity index (χ2n) is 7.09. The van der Waals surface area contributed by atoms with E-state index in [-0.39, 0.29) is 17.7 Å². The predicted octanol–water partition coefficient (Wildman–Crippen LogP) is 2.30. The molecule has 2 aromatic rings. The molecule has 1 atom stereocenters.